The van der Waals surface area contributed by atoms with Crippen LogP contribution in [0.1, 0.15) is 19.8 Å². The van der Waals surface area contributed by atoms with Crippen molar-refractivity contribution in [3.8, 4) is 6.07 Å². The number of hydrogen-bond acceptors (Lipinski definition) is 4. The highest BCUT2D eigenvalue weighted by Crippen LogP contribution is 2.34. The van der Waals surface area contributed by atoms with Gasteiger partial charge >= 0.3 is 0 Å². The van der Waals surface area contributed by atoms with Crippen molar-refractivity contribution in [2.24, 2.45) is 5.92 Å². The van der Waals surface area contributed by atoms with Crippen LogP contribution in [0.2, 0.25) is 0 Å². The minimum Gasteiger partial charge on any atom is -0.335 e. The molecule has 2 saturated heterocycles. The van der Waals surface area contributed by atoms with Gasteiger partial charge in [0, 0.05) is 13.0 Å². The van der Waals surface area contributed by atoms with E-state index in [0.29, 0.717) is 13.0 Å². The van der Waals surface area contributed by atoms with Crippen LogP contribution in [-0.2, 0) is 14.6 Å². The van der Waals surface area contributed by atoms with Crippen LogP contribution in [0.4, 0.5) is 0 Å². The fraction of sp³-hybridized carbons (Fsp3) is 0.800. The first-order valence-electron chi connectivity index (χ1n) is 5.27. The van der Waals surface area contributed by atoms with Crippen molar-refractivity contribution in [3.05, 3.63) is 0 Å². The molecule has 2 rings (SSSR count). The van der Waals surface area contributed by atoms with E-state index in [0.717, 1.165) is 0 Å². The molecule has 2 atom stereocenters. The molecule has 2 heterocycles. The van der Waals surface area contributed by atoms with Crippen LogP contribution in [-0.4, -0.2) is 42.8 Å². The zero-order chi connectivity index (χ0) is 12.0. The predicted octanol–water partition coefficient (Wildman–Crippen LogP) is -0.0643. The van der Waals surface area contributed by atoms with Gasteiger partial charge in [0.2, 0.25) is 5.91 Å². The minimum atomic E-state index is -3.02. The van der Waals surface area contributed by atoms with Crippen LogP contribution in [0.3, 0.4) is 0 Å². The molecule has 2 fully saturated rings. The summed E-state index contributed by atoms with van der Waals surface area (Å²) < 4.78 is 22.9. The number of sulfone groups is 1. The van der Waals surface area contributed by atoms with Gasteiger partial charge in [-0.2, -0.15) is 5.26 Å². The van der Waals surface area contributed by atoms with E-state index >= 15 is 0 Å². The summed E-state index contributed by atoms with van der Waals surface area (Å²) in [4.78, 5) is 13.3. The lowest BCUT2D eigenvalue weighted by Crippen LogP contribution is -2.48. The molecule has 0 saturated carbocycles. The van der Waals surface area contributed by atoms with Crippen LogP contribution in [0.5, 0.6) is 0 Å². The third kappa shape index (κ3) is 1.80. The van der Waals surface area contributed by atoms with Gasteiger partial charge in [0.05, 0.1) is 29.0 Å². The van der Waals surface area contributed by atoms with Crippen molar-refractivity contribution < 1.29 is 13.2 Å². The van der Waals surface area contributed by atoms with E-state index in [1.807, 2.05) is 0 Å². The van der Waals surface area contributed by atoms with Crippen LogP contribution in [0, 0.1) is 17.2 Å². The molecule has 1 amide bonds. The Morgan fingerprint density at radius 2 is 2.25 bits per heavy atom. The highest BCUT2D eigenvalue weighted by molar-refractivity contribution is 7.91. The molecule has 0 spiro atoms. The normalized spacial score (nSPS) is 37.6. The zero-order valence-electron chi connectivity index (χ0n) is 9.14. The summed E-state index contributed by atoms with van der Waals surface area (Å²) in [5, 5.41) is 8.78. The van der Waals surface area contributed by atoms with Gasteiger partial charge in [0.1, 0.15) is 0 Å². The number of nitriles is 1. The lowest BCUT2D eigenvalue weighted by molar-refractivity contribution is -0.131. The van der Waals surface area contributed by atoms with Crippen LogP contribution >= 0.6 is 0 Å². The summed E-state index contributed by atoms with van der Waals surface area (Å²) >= 11 is 0. The Bertz CT molecular complexity index is 465. The number of rotatable bonds is 1. The number of amides is 1. The van der Waals surface area contributed by atoms with Gasteiger partial charge in [-0.25, -0.2) is 8.42 Å². The smallest absolute Gasteiger partial charge is 0.224 e. The summed E-state index contributed by atoms with van der Waals surface area (Å²) in [7, 11) is -3.02. The molecule has 0 radical (unpaired) electrons. The minimum absolute atomic E-state index is 0.0316. The standard InChI is InChI=1S/C10H14N2O3S/c1-10(2-3-16(14,15)7-10)12-6-8(5-11)4-9(12)13/h8H,2-4,6-7H2,1H3. The first kappa shape index (κ1) is 11.4. The molecule has 6 heteroatoms. The molecule has 5 nitrogen and oxygen atoms in total. The molecular formula is C10H14N2O3S. The van der Waals surface area contributed by atoms with Gasteiger partial charge in [0.25, 0.3) is 0 Å². The Labute approximate surface area is 95.0 Å². The second-order valence-corrected chi connectivity index (χ2v) is 7.06. The Kier molecular flexibility index (Phi) is 2.46. The van der Waals surface area contributed by atoms with Gasteiger partial charge in [-0.1, -0.05) is 0 Å². The van der Waals surface area contributed by atoms with Crippen molar-refractivity contribution in [1.82, 2.24) is 4.90 Å². The lowest BCUT2D eigenvalue weighted by atomic mass is 10.00. The molecule has 0 aliphatic carbocycles. The van der Waals surface area contributed by atoms with Gasteiger partial charge in [-0.15, -0.1) is 0 Å². The summed E-state index contributed by atoms with van der Waals surface area (Å²) in [5.41, 5.74) is -0.596. The number of carbonyl (C=O) groups is 1. The molecule has 0 N–H and O–H groups in total. The van der Waals surface area contributed by atoms with E-state index in [2.05, 4.69) is 6.07 Å². The zero-order valence-corrected chi connectivity index (χ0v) is 9.96. The van der Waals surface area contributed by atoms with Gasteiger partial charge < -0.3 is 4.90 Å². The predicted molar refractivity (Wildman–Crippen MR) is 57.1 cm³/mol. The van der Waals surface area contributed by atoms with Crippen LogP contribution in [0.25, 0.3) is 0 Å². The largest absolute Gasteiger partial charge is 0.335 e. The van der Waals surface area contributed by atoms with Gasteiger partial charge in [-0.05, 0) is 13.3 Å². The first-order chi connectivity index (χ1) is 7.36. The molecule has 0 bridgehead atoms. The Hall–Kier alpha value is -1.09. The van der Waals surface area contributed by atoms with Gasteiger partial charge in [0.15, 0.2) is 9.84 Å². The van der Waals surface area contributed by atoms with Crippen molar-refractivity contribution in [2.45, 2.75) is 25.3 Å². The molecule has 2 aliphatic rings. The monoisotopic (exact) mass is 242 g/mol. The quantitative estimate of drug-likeness (QED) is 0.645. The third-order valence-corrected chi connectivity index (χ3v) is 5.33. The molecule has 0 aromatic carbocycles. The number of nitrogens with zero attached hydrogens (tertiary/aromatic N) is 2. The highest BCUT2D eigenvalue weighted by Gasteiger charge is 2.47. The molecule has 2 aliphatic heterocycles. The second-order valence-electron chi connectivity index (χ2n) is 4.87. The van der Waals surface area contributed by atoms with Crippen molar-refractivity contribution in [1.29, 1.82) is 5.26 Å². The number of carbonyl (C=O) groups excluding carboxylic acids is 1. The molecule has 0 aromatic rings. The molecule has 0 aromatic heterocycles. The van der Waals surface area contributed by atoms with Gasteiger partial charge in [-0.3, -0.25) is 4.79 Å². The van der Waals surface area contributed by atoms with E-state index in [1.165, 1.54) is 0 Å². The number of likely N-dealkylation sites (tertiary alicyclic amines) is 1. The maximum Gasteiger partial charge on any atom is 0.224 e. The van der Waals surface area contributed by atoms with E-state index in [1.54, 1.807) is 11.8 Å². The maximum absolute atomic E-state index is 11.7. The average molecular weight is 242 g/mol. The van der Waals surface area contributed by atoms with Crippen molar-refractivity contribution >= 4 is 15.7 Å². The summed E-state index contributed by atoms with van der Waals surface area (Å²) in [6.45, 7) is 2.18. The first-order valence-corrected chi connectivity index (χ1v) is 7.09. The van der Waals surface area contributed by atoms with Crippen molar-refractivity contribution in [3.63, 3.8) is 0 Å². The Morgan fingerprint density at radius 1 is 1.56 bits per heavy atom. The average Bonchev–Trinajstić information content (AvgIpc) is 2.68. The topological polar surface area (TPSA) is 78.2 Å². The highest BCUT2D eigenvalue weighted by atomic mass is 32.2. The summed E-state index contributed by atoms with van der Waals surface area (Å²) in [5.74, 6) is -0.201. The van der Waals surface area contributed by atoms with E-state index in [9.17, 15) is 13.2 Å². The van der Waals surface area contributed by atoms with Crippen molar-refractivity contribution in [2.75, 3.05) is 18.1 Å². The number of hydrogen-bond donors (Lipinski definition) is 0. The van der Waals surface area contributed by atoms with E-state index < -0.39 is 15.4 Å². The lowest BCUT2D eigenvalue weighted by Gasteiger charge is -2.34. The van der Waals surface area contributed by atoms with E-state index in [4.69, 9.17) is 5.26 Å². The Balaban J connectivity index is 2.21. The molecule has 2 unspecified atom stereocenters. The molecule has 88 valence electrons. The molecule has 16 heavy (non-hydrogen) atoms. The maximum atomic E-state index is 11.7. The van der Waals surface area contributed by atoms with Crippen LogP contribution < -0.4 is 0 Å². The second kappa shape index (κ2) is 3.45. The fourth-order valence-electron chi connectivity index (χ4n) is 2.52. The summed E-state index contributed by atoms with van der Waals surface area (Å²) in [6, 6.07) is 2.07. The Morgan fingerprint density at radius 3 is 2.69 bits per heavy atom. The fourth-order valence-corrected chi connectivity index (χ4v) is 4.66. The third-order valence-electron chi connectivity index (χ3n) is 3.44. The SMILES string of the molecule is CC1(N2CC(C#N)CC2=O)CCS(=O)(=O)C1. The van der Waals surface area contributed by atoms with Crippen LogP contribution in [0.15, 0.2) is 0 Å². The molecular weight excluding hydrogens is 228 g/mol. The summed E-state index contributed by atoms with van der Waals surface area (Å²) in [6.07, 6.45) is 0.714. The van der Waals surface area contributed by atoms with E-state index in [-0.39, 0.29) is 29.8 Å².